The molecule has 150 valence electrons. The SMILES string of the molecule is CN1C(=O)NC(=O)C12Cc1cc3ccc(CN4CCc5cccnc54)nc3cc1C2. The molecule has 2 aliphatic heterocycles. The van der Waals surface area contributed by atoms with Gasteiger partial charge in [0.25, 0.3) is 5.91 Å². The van der Waals surface area contributed by atoms with Gasteiger partial charge in [0.15, 0.2) is 0 Å². The van der Waals surface area contributed by atoms with Gasteiger partial charge >= 0.3 is 6.03 Å². The van der Waals surface area contributed by atoms with Crippen molar-refractivity contribution in [1.82, 2.24) is 20.2 Å². The summed E-state index contributed by atoms with van der Waals surface area (Å²) in [5.74, 6) is 0.847. The zero-order chi connectivity index (χ0) is 20.5. The molecule has 0 bridgehead atoms. The quantitative estimate of drug-likeness (QED) is 0.669. The van der Waals surface area contributed by atoms with Crippen molar-refractivity contribution in [2.45, 2.75) is 31.3 Å². The number of hydrogen-bond donors (Lipinski definition) is 1. The van der Waals surface area contributed by atoms with Gasteiger partial charge in [-0.2, -0.15) is 0 Å². The molecule has 4 heterocycles. The molecule has 0 saturated carbocycles. The Morgan fingerprint density at radius 2 is 1.93 bits per heavy atom. The summed E-state index contributed by atoms with van der Waals surface area (Å²) < 4.78 is 0. The molecule has 0 radical (unpaired) electrons. The molecule has 3 aliphatic rings. The van der Waals surface area contributed by atoms with Crippen molar-refractivity contribution < 1.29 is 9.59 Å². The van der Waals surface area contributed by atoms with E-state index in [9.17, 15) is 9.59 Å². The highest BCUT2D eigenvalue weighted by Gasteiger charge is 2.54. The molecular formula is C23H21N5O2. The van der Waals surface area contributed by atoms with Crippen LogP contribution >= 0.6 is 0 Å². The second-order valence-corrected chi connectivity index (χ2v) is 8.48. The fourth-order valence-electron chi connectivity index (χ4n) is 5.08. The summed E-state index contributed by atoms with van der Waals surface area (Å²) >= 11 is 0. The summed E-state index contributed by atoms with van der Waals surface area (Å²) in [6, 6.07) is 12.2. The van der Waals surface area contributed by atoms with Gasteiger partial charge in [0.2, 0.25) is 0 Å². The zero-order valence-electron chi connectivity index (χ0n) is 16.7. The van der Waals surface area contributed by atoms with Gasteiger partial charge < -0.3 is 9.80 Å². The molecule has 1 aromatic carbocycles. The van der Waals surface area contributed by atoms with E-state index in [1.807, 2.05) is 12.3 Å². The number of likely N-dealkylation sites (N-methyl/N-ethyl adjacent to an activating group) is 1. The van der Waals surface area contributed by atoms with Crippen LogP contribution in [0.5, 0.6) is 0 Å². The first-order chi connectivity index (χ1) is 14.5. The monoisotopic (exact) mass is 399 g/mol. The van der Waals surface area contributed by atoms with Gasteiger partial charge in [0, 0.05) is 38.0 Å². The Bertz CT molecular complexity index is 1240. The normalized spacial score (nSPS) is 22.2. The lowest BCUT2D eigenvalue weighted by atomic mass is 9.95. The molecule has 6 rings (SSSR count). The number of rotatable bonds is 2. The molecule has 1 spiro atoms. The van der Waals surface area contributed by atoms with Crippen LogP contribution < -0.4 is 10.2 Å². The molecule has 1 fully saturated rings. The van der Waals surface area contributed by atoms with E-state index in [0.29, 0.717) is 12.8 Å². The van der Waals surface area contributed by atoms with E-state index in [0.717, 1.165) is 53.1 Å². The number of aromatic nitrogens is 2. The maximum Gasteiger partial charge on any atom is 0.324 e. The van der Waals surface area contributed by atoms with Crippen LogP contribution in [0.1, 0.15) is 22.4 Å². The molecule has 1 atom stereocenters. The summed E-state index contributed by atoms with van der Waals surface area (Å²) in [5.41, 5.74) is 4.62. The van der Waals surface area contributed by atoms with E-state index in [2.05, 4.69) is 45.5 Å². The van der Waals surface area contributed by atoms with E-state index in [-0.39, 0.29) is 11.9 Å². The molecule has 2 aromatic heterocycles. The lowest BCUT2D eigenvalue weighted by Gasteiger charge is -2.27. The third kappa shape index (κ3) is 2.38. The number of carbonyl (C=O) groups excluding carboxylic acids is 2. The predicted octanol–water partition coefficient (Wildman–Crippen LogP) is 2.21. The Kier molecular flexibility index (Phi) is 3.48. The third-order valence-electron chi connectivity index (χ3n) is 6.79. The van der Waals surface area contributed by atoms with Crippen molar-refractivity contribution in [2.75, 3.05) is 18.5 Å². The van der Waals surface area contributed by atoms with Crippen LogP contribution in [-0.2, 0) is 30.6 Å². The van der Waals surface area contributed by atoms with Crippen LogP contribution in [-0.4, -0.2) is 45.9 Å². The van der Waals surface area contributed by atoms with Gasteiger partial charge in [-0.05, 0) is 47.4 Å². The molecule has 1 saturated heterocycles. The fraction of sp³-hybridized carbons (Fsp3) is 0.304. The average molecular weight is 399 g/mol. The smallest absolute Gasteiger partial charge is 0.324 e. The van der Waals surface area contributed by atoms with E-state index >= 15 is 0 Å². The molecule has 7 heteroatoms. The van der Waals surface area contributed by atoms with Crippen molar-refractivity contribution in [3.63, 3.8) is 0 Å². The molecule has 30 heavy (non-hydrogen) atoms. The van der Waals surface area contributed by atoms with Gasteiger partial charge in [-0.15, -0.1) is 0 Å². The maximum atomic E-state index is 12.5. The van der Waals surface area contributed by atoms with E-state index < -0.39 is 5.54 Å². The third-order valence-corrected chi connectivity index (χ3v) is 6.79. The minimum Gasteiger partial charge on any atom is -0.350 e. The number of urea groups is 1. The van der Waals surface area contributed by atoms with Gasteiger partial charge in [-0.3, -0.25) is 15.1 Å². The summed E-state index contributed by atoms with van der Waals surface area (Å²) in [4.78, 5) is 37.8. The number of hydrogen-bond acceptors (Lipinski definition) is 5. The number of imide groups is 1. The first-order valence-corrected chi connectivity index (χ1v) is 10.2. The van der Waals surface area contributed by atoms with Crippen molar-refractivity contribution in [3.05, 3.63) is 65.0 Å². The number of benzene rings is 1. The number of pyridine rings is 2. The van der Waals surface area contributed by atoms with E-state index in [1.165, 1.54) is 5.56 Å². The second kappa shape index (κ2) is 6.01. The van der Waals surface area contributed by atoms with Gasteiger partial charge in [-0.1, -0.05) is 12.1 Å². The van der Waals surface area contributed by atoms with Crippen LogP contribution in [0, 0.1) is 0 Å². The van der Waals surface area contributed by atoms with Gasteiger partial charge in [0.05, 0.1) is 17.8 Å². The van der Waals surface area contributed by atoms with Crippen molar-refractivity contribution in [3.8, 4) is 0 Å². The van der Waals surface area contributed by atoms with Gasteiger partial charge in [0.1, 0.15) is 11.4 Å². The predicted molar refractivity (Wildman–Crippen MR) is 112 cm³/mol. The Balaban J connectivity index is 1.32. The van der Waals surface area contributed by atoms with Crippen molar-refractivity contribution in [2.24, 2.45) is 0 Å². The number of nitrogens with zero attached hydrogens (tertiary/aromatic N) is 4. The molecule has 1 unspecified atom stereocenters. The van der Waals surface area contributed by atoms with Crippen LogP contribution in [0.15, 0.2) is 42.6 Å². The largest absolute Gasteiger partial charge is 0.350 e. The summed E-state index contributed by atoms with van der Waals surface area (Å²) in [6.45, 7) is 1.68. The number of anilines is 1. The maximum absolute atomic E-state index is 12.5. The fourth-order valence-corrected chi connectivity index (χ4v) is 5.08. The first kappa shape index (κ1) is 17.4. The number of fused-ring (bicyclic) bond motifs is 3. The molecule has 1 N–H and O–H groups in total. The Hall–Kier alpha value is -3.48. The van der Waals surface area contributed by atoms with Crippen LogP contribution in [0.2, 0.25) is 0 Å². The number of amides is 3. The van der Waals surface area contributed by atoms with Crippen LogP contribution in [0.3, 0.4) is 0 Å². The molecule has 1 aliphatic carbocycles. The Morgan fingerprint density at radius 3 is 2.73 bits per heavy atom. The summed E-state index contributed by atoms with van der Waals surface area (Å²) in [5, 5.41) is 3.51. The number of carbonyl (C=O) groups is 2. The zero-order valence-corrected chi connectivity index (χ0v) is 16.7. The first-order valence-electron chi connectivity index (χ1n) is 10.2. The Morgan fingerprint density at radius 1 is 1.10 bits per heavy atom. The second-order valence-electron chi connectivity index (χ2n) is 8.48. The lowest BCUT2D eigenvalue weighted by molar-refractivity contribution is -0.125. The lowest BCUT2D eigenvalue weighted by Crippen LogP contribution is -2.48. The highest BCUT2D eigenvalue weighted by atomic mass is 16.2. The molecular weight excluding hydrogens is 378 g/mol. The average Bonchev–Trinajstić information content (AvgIpc) is 3.38. The van der Waals surface area contributed by atoms with Crippen molar-refractivity contribution >= 4 is 28.7 Å². The topological polar surface area (TPSA) is 78.4 Å². The highest BCUT2D eigenvalue weighted by Crippen LogP contribution is 2.38. The highest BCUT2D eigenvalue weighted by molar-refractivity contribution is 6.07. The van der Waals surface area contributed by atoms with Crippen LogP contribution in [0.4, 0.5) is 10.6 Å². The standard InChI is InChI=1S/C23H21N5O2/c1-27-22(30)26-21(29)23(27)11-16-9-15-4-5-18(25-19(15)10-17(16)12-23)13-28-8-6-14-3-2-7-24-20(14)28/h2-5,7,9-10H,6,8,11-13H2,1H3,(H,26,29,30). The summed E-state index contributed by atoms with van der Waals surface area (Å²) in [7, 11) is 1.70. The minimum absolute atomic E-state index is 0.205. The van der Waals surface area contributed by atoms with Crippen LogP contribution in [0.25, 0.3) is 10.9 Å². The molecule has 3 amide bonds. The van der Waals surface area contributed by atoms with Crippen molar-refractivity contribution in [1.29, 1.82) is 0 Å². The minimum atomic E-state index is -0.801. The molecule has 3 aromatic rings. The summed E-state index contributed by atoms with van der Waals surface area (Å²) in [6.07, 6.45) is 3.93. The molecule has 7 nitrogen and oxygen atoms in total. The number of nitrogens with one attached hydrogen (secondary N) is 1. The van der Waals surface area contributed by atoms with E-state index in [1.54, 1.807) is 11.9 Å². The Labute approximate surface area is 173 Å². The van der Waals surface area contributed by atoms with Gasteiger partial charge in [-0.25, -0.2) is 9.78 Å². The van der Waals surface area contributed by atoms with E-state index in [4.69, 9.17) is 4.98 Å².